The molecule has 0 fully saturated rings. The van der Waals surface area contributed by atoms with Gasteiger partial charge in [0.15, 0.2) is 0 Å². The Labute approximate surface area is 127 Å². The van der Waals surface area contributed by atoms with Crippen molar-refractivity contribution in [2.24, 2.45) is 5.92 Å². The van der Waals surface area contributed by atoms with Gasteiger partial charge in [0.25, 0.3) is 0 Å². The first kappa shape index (κ1) is 15.5. The highest BCUT2D eigenvalue weighted by Crippen LogP contribution is 2.24. The number of hydrogen-bond acceptors (Lipinski definition) is 4. The molecular weight excluding hydrogens is 290 g/mol. The number of rotatable bonds is 4. The number of nitrogens with zero attached hydrogens (tertiary/aromatic N) is 1. The van der Waals surface area contributed by atoms with Gasteiger partial charge in [0, 0.05) is 4.88 Å². The van der Waals surface area contributed by atoms with E-state index >= 15 is 0 Å². The lowest BCUT2D eigenvalue weighted by atomic mass is 10.1. The van der Waals surface area contributed by atoms with Gasteiger partial charge in [-0.1, -0.05) is 12.2 Å². The molecule has 2 amide bonds. The zero-order valence-electron chi connectivity index (χ0n) is 12.2. The lowest BCUT2D eigenvalue weighted by Gasteiger charge is -2.17. The maximum Gasteiger partial charge on any atom is 0.315 e. The van der Waals surface area contributed by atoms with E-state index < -0.39 is 11.9 Å². The van der Waals surface area contributed by atoms with Crippen LogP contribution in [0, 0.1) is 19.8 Å². The second-order valence-corrected chi connectivity index (χ2v) is 6.43. The van der Waals surface area contributed by atoms with Crippen LogP contribution in [0.15, 0.2) is 12.2 Å². The molecule has 1 aromatic rings. The number of carbonyl (C=O) groups is 2. The third-order valence-electron chi connectivity index (χ3n) is 3.40. The number of carboxylic acid groups (broad SMARTS) is 1. The van der Waals surface area contributed by atoms with Gasteiger partial charge in [-0.15, -0.1) is 11.3 Å². The average molecular weight is 309 g/mol. The van der Waals surface area contributed by atoms with Crippen LogP contribution in [0.3, 0.4) is 0 Å². The molecule has 114 valence electrons. The van der Waals surface area contributed by atoms with E-state index in [2.05, 4.69) is 15.6 Å². The van der Waals surface area contributed by atoms with Crippen molar-refractivity contribution < 1.29 is 14.7 Å². The van der Waals surface area contributed by atoms with Gasteiger partial charge in [0.1, 0.15) is 0 Å². The average Bonchev–Trinajstić information content (AvgIpc) is 2.95. The van der Waals surface area contributed by atoms with Crippen LogP contribution in [0.5, 0.6) is 0 Å². The van der Waals surface area contributed by atoms with E-state index in [9.17, 15) is 9.59 Å². The minimum absolute atomic E-state index is 0.128. The Kier molecular flexibility index (Phi) is 4.62. The van der Waals surface area contributed by atoms with Crippen LogP contribution < -0.4 is 10.6 Å². The Hall–Kier alpha value is -1.89. The monoisotopic (exact) mass is 309 g/mol. The highest BCUT2D eigenvalue weighted by atomic mass is 32.1. The minimum atomic E-state index is -0.861. The molecule has 2 rings (SSSR count). The molecule has 0 spiro atoms. The maximum absolute atomic E-state index is 12.0. The van der Waals surface area contributed by atoms with Crippen LogP contribution in [0.25, 0.3) is 0 Å². The summed E-state index contributed by atoms with van der Waals surface area (Å²) in [5.74, 6) is -1.38. The highest BCUT2D eigenvalue weighted by molar-refractivity contribution is 7.11. The molecule has 1 aliphatic rings. The second kappa shape index (κ2) is 6.26. The third-order valence-corrected chi connectivity index (χ3v) is 4.65. The Balaban J connectivity index is 1.87. The lowest BCUT2D eigenvalue weighted by Crippen LogP contribution is -2.42. The first-order valence-corrected chi connectivity index (χ1v) is 7.60. The highest BCUT2D eigenvalue weighted by Gasteiger charge is 2.26. The van der Waals surface area contributed by atoms with Crippen molar-refractivity contribution in [1.29, 1.82) is 0 Å². The summed E-state index contributed by atoms with van der Waals surface area (Å²) in [5, 5.41) is 15.5. The van der Waals surface area contributed by atoms with Gasteiger partial charge in [0.2, 0.25) is 0 Å². The molecule has 0 radical (unpaired) electrons. The molecule has 0 aliphatic heterocycles. The number of carboxylic acids is 1. The number of hydrogen-bond donors (Lipinski definition) is 3. The van der Waals surface area contributed by atoms with Crippen molar-refractivity contribution in [3.8, 4) is 0 Å². The van der Waals surface area contributed by atoms with Crippen LogP contribution in [-0.4, -0.2) is 28.1 Å². The van der Waals surface area contributed by atoms with Crippen LogP contribution >= 0.6 is 11.3 Å². The van der Waals surface area contributed by atoms with Crippen LogP contribution in [0.2, 0.25) is 0 Å². The number of aryl methyl sites for hydroxylation is 2. The first-order chi connectivity index (χ1) is 9.86. The van der Waals surface area contributed by atoms with Gasteiger partial charge in [-0.3, -0.25) is 4.79 Å². The van der Waals surface area contributed by atoms with Crippen molar-refractivity contribution >= 4 is 23.3 Å². The van der Waals surface area contributed by atoms with Gasteiger partial charge >= 0.3 is 12.0 Å². The predicted octanol–water partition coefficient (Wildman–Crippen LogP) is 2.15. The second-order valence-electron chi connectivity index (χ2n) is 5.19. The van der Waals surface area contributed by atoms with Crippen LogP contribution in [-0.2, 0) is 4.79 Å². The van der Waals surface area contributed by atoms with Gasteiger partial charge in [-0.25, -0.2) is 9.78 Å². The summed E-state index contributed by atoms with van der Waals surface area (Å²) in [6.45, 7) is 5.76. The number of carbonyl (C=O) groups excluding carboxylic acids is 1. The zero-order chi connectivity index (χ0) is 15.6. The van der Waals surface area contributed by atoms with Gasteiger partial charge in [-0.05, 0) is 27.2 Å². The van der Waals surface area contributed by atoms with E-state index in [-0.39, 0.29) is 18.1 Å². The SMILES string of the molecule is Cc1nc(C)c(C(C)NC(=O)NC2C=CC(C(=O)O)C2)s1. The molecule has 0 bridgehead atoms. The smallest absolute Gasteiger partial charge is 0.315 e. The standard InChI is InChI=1S/C14H19N3O3S/c1-7-12(21-9(3)15-7)8(2)16-14(20)17-11-5-4-10(6-11)13(18)19/h4-5,8,10-11H,6H2,1-3H3,(H,18,19)(H2,16,17,20). The summed E-state index contributed by atoms with van der Waals surface area (Å²) < 4.78 is 0. The number of aliphatic carboxylic acids is 1. The molecular formula is C14H19N3O3S. The molecule has 0 saturated heterocycles. The van der Waals surface area contributed by atoms with E-state index in [1.807, 2.05) is 20.8 Å². The summed E-state index contributed by atoms with van der Waals surface area (Å²) >= 11 is 1.57. The maximum atomic E-state index is 12.0. The van der Waals surface area contributed by atoms with E-state index in [4.69, 9.17) is 5.11 Å². The Morgan fingerprint density at radius 2 is 2.14 bits per heavy atom. The fourth-order valence-corrected chi connectivity index (χ4v) is 3.34. The Bertz CT molecular complexity index is 582. The van der Waals surface area contributed by atoms with Crippen molar-refractivity contribution in [2.75, 3.05) is 0 Å². The molecule has 0 saturated carbocycles. The molecule has 1 aromatic heterocycles. The minimum Gasteiger partial charge on any atom is -0.481 e. The molecule has 3 unspecified atom stereocenters. The Morgan fingerprint density at radius 1 is 1.43 bits per heavy atom. The summed E-state index contributed by atoms with van der Waals surface area (Å²) in [6.07, 6.45) is 3.74. The molecule has 6 nitrogen and oxygen atoms in total. The fraction of sp³-hybridized carbons (Fsp3) is 0.500. The van der Waals surface area contributed by atoms with Crippen molar-refractivity contribution in [3.05, 3.63) is 27.7 Å². The molecule has 0 aromatic carbocycles. The molecule has 7 heteroatoms. The van der Waals surface area contributed by atoms with Crippen LogP contribution in [0.1, 0.15) is 35.0 Å². The number of thiazole rings is 1. The van der Waals surface area contributed by atoms with Crippen molar-refractivity contribution in [3.63, 3.8) is 0 Å². The summed E-state index contributed by atoms with van der Waals surface area (Å²) in [6, 6.07) is -0.659. The first-order valence-electron chi connectivity index (χ1n) is 6.79. The Morgan fingerprint density at radius 3 is 2.67 bits per heavy atom. The van der Waals surface area contributed by atoms with Crippen molar-refractivity contribution in [1.82, 2.24) is 15.6 Å². The number of aromatic nitrogens is 1. The van der Waals surface area contributed by atoms with Crippen LogP contribution in [0.4, 0.5) is 4.79 Å². The summed E-state index contributed by atoms with van der Waals surface area (Å²) in [4.78, 5) is 28.2. The number of urea groups is 1. The quantitative estimate of drug-likeness (QED) is 0.743. The fourth-order valence-electron chi connectivity index (χ4n) is 2.41. The molecule has 3 N–H and O–H groups in total. The van der Waals surface area contributed by atoms with Crippen molar-refractivity contribution in [2.45, 2.75) is 39.3 Å². The van der Waals surface area contributed by atoms with E-state index in [0.29, 0.717) is 6.42 Å². The lowest BCUT2D eigenvalue weighted by molar-refractivity contribution is -0.140. The largest absolute Gasteiger partial charge is 0.481 e. The topological polar surface area (TPSA) is 91.3 Å². The number of nitrogens with one attached hydrogen (secondary N) is 2. The van der Waals surface area contributed by atoms with E-state index in [1.54, 1.807) is 23.5 Å². The van der Waals surface area contributed by atoms with Gasteiger partial charge in [0.05, 0.1) is 28.7 Å². The van der Waals surface area contributed by atoms with E-state index in [1.165, 1.54) is 0 Å². The molecule has 3 atom stereocenters. The third kappa shape index (κ3) is 3.81. The summed E-state index contributed by atoms with van der Waals surface area (Å²) in [5.41, 5.74) is 0.928. The predicted molar refractivity (Wildman–Crippen MR) is 80.3 cm³/mol. The summed E-state index contributed by atoms with van der Waals surface area (Å²) in [7, 11) is 0. The molecule has 21 heavy (non-hydrogen) atoms. The zero-order valence-corrected chi connectivity index (χ0v) is 13.0. The molecule has 1 heterocycles. The normalized spacial score (nSPS) is 22.0. The van der Waals surface area contributed by atoms with Gasteiger partial charge < -0.3 is 15.7 Å². The molecule has 1 aliphatic carbocycles. The number of amides is 2. The van der Waals surface area contributed by atoms with Gasteiger partial charge in [-0.2, -0.15) is 0 Å². The van der Waals surface area contributed by atoms with E-state index in [0.717, 1.165) is 15.6 Å².